The van der Waals surface area contributed by atoms with Gasteiger partial charge in [0.2, 0.25) is 5.13 Å². The molecule has 7 heteroatoms. The first-order valence-electron chi connectivity index (χ1n) is 5.58. The number of hydrogen-bond donors (Lipinski definition) is 2. The molecule has 0 amide bonds. The summed E-state index contributed by atoms with van der Waals surface area (Å²) in [5, 5.41) is 9.53. The summed E-state index contributed by atoms with van der Waals surface area (Å²) in [6.07, 6.45) is 3.14. The van der Waals surface area contributed by atoms with E-state index in [1.54, 1.807) is 6.20 Å². The normalized spacial score (nSPS) is 10.6. The predicted molar refractivity (Wildman–Crippen MR) is 71.9 cm³/mol. The summed E-state index contributed by atoms with van der Waals surface area (Å²) in [4.78, 5) is 8.49. The molecule has 0 atom stereocenters. The minimum absolute atomic E-state index is 0.286. The van der Waals surface area contributed by atoms with Crippen molar-refractivity contribution >= 4 is 22.3 Å². The van der Waals surface area contributed by atoms with Crippen LogP contribution in [-0.2, 0) is 0 Å². The van der Waals surface area contributed by atoms with Crippen LogP contribution in [-0.4, -0.2) is 20.2 Å². The number of H-pyrrole nitrogens is 1. The standard InChI is InChI=1S/C12H10FN5S/c1-7-3-2-4-9(16-7)17-12-18-10(11(13)19-12)8-5-14-15-6-8/h2-6H,1H3,(H,14,15)(H,16,17,18). The molecule has 0 saturated heterocycles. The highest BCUT2D eigenvalue weighted by Crippen LogP contribution is 2.30. The highest BCUT2D eigenvalue weighted by molar-refractivity contribution is 7.14. The summed E-state index contributed by atoms with van der Waals surface area (Å²) in [7, 11) is 0. The summed E-state index contributed by atoms with van der Waals surface area (Å²) in [5.74, 6) is 0.646. The molecule has 3 rings (SSSR count). The van der Waals surface area contributed by atoms with Crippen molar-refractivity contribution in [1.82, 2.24) is 20.2 Å². The van der Waals surface area contributed by atoms with E-state index in [0.29, 0.717) is 16.5 Å². The van der Waals surface area contributed by atoms with Crippen molar-refractivity contribution in [3.8, 4) is 11.3 Å². The first-order chi connectivity index (χ1) is 9.22. The number of aryl methyl sites for hydroxylation is 1. The number of thiazole rings is 1. The molecule has 0 fully saturated rings. The monoisotopic (exact) mass is 275 g/mol. The van der Waals surface area contributed by atoms with Crippen LogP contribution < -0.4 is 5.32 Å². The average molecular weight is 275 g/mol. The van der Waals surface area contributed by atoms with Gasteiger partial charge in [0.1, 0.15) is 11.5 Å². The lowest BCUT2D eigenvalue weighted by molar-refractivity contribution is 0.657. The van der Waals surface area contributed by atoms with E-state index >= 15 is 0 Å². The van der Waals surface area contributed by atoms with E-state index in [2.05, 4.69) is 25.5 Å². The molecule has 0 unspecified atom stereocenters. The number of aromatic nitrogens is 4. The van der Waals surface area contributed by atoms with Crippen LogP contribution in [0.5, 0.6) is 0 Å². The van der Waals surface area contributed by atoms with Crippen LogP contribution in [0.3, 0.4) is 0 Å². The SMILES string of the molecule is Cc1cccc(Nc2nc(-c3cn[nH]c3)c(F)s2)n1. The van der Waals surface area contributed by atoms with Gasteiger partial charge in [-0.3, -0.25) is 5.10 Å². The molecule has 19 heavy (non-hydrogen) atoms. The van der Waals surface area contributed by atoms with E-state index in [0.717, 1.165) is 17.0 Å². The van der Waals surface area contributed by atoms with Gasteiger partial charge in [0.25, 0.3) is 0 Å². The predicted octanol–water partition coefficient (Wildman–Crippen LogP) is 3.12. The zero-order valence-corrected chi connectivity index (χ0v) is 10.8. The van der Waals surface area contributed by atoms with Crippen LogP contribution in [0.15, 0.2) is 30.6 Å². The number of nitrogens with one attached hydrogen (secondary N) is 2. The van der Waals surface area contributed by atoms with Gasteiger partial charge in [0.05, 0.1) is 6.20 Å². The van der Waals surface area contributed by atoms with E-state index in [1.165, 1.54) is 6.20 Å². The zero-order chi connectivity index (χ0) is 13.2. The Kier molecular flexibility index (Phi) is 2.96. The molecule has 0 aliphatic rings. The van der Waals surface area contributed by atoms with Crippen molar-refractivity contribution in [2.24, 2.45) is 0 Å². The third-order valence-electron chi connectivity index (χ3n) is 2.48. The van der Waals surface area contributed by atoms with Crippen LogP contribution in [0, 0.1) is 12.1 Å². The van der Waals surface area contributed by atoms with Gasteiger partial charge in [-0.05, 0) is 19.1 Å². The third kappa shape index (κ3) is 2.45. The summed E-state index contributed by atoms with van der Waals surface area (Å²) in [6, 6.07) is 5.58. The van der Waals surface area contributed by atoms with Crippen LogP contribution >= 0.6 is 11.3 Å². The quantitative estimate of drug-likeness (QED) is 0.770. The Bertz CT molecular complexity index is 692. The number of nitrogens with zero attached hydrogens (tertiary/aromatic N) is 3. The Morgan fingerprint density at radius 2 is 2.21 bits per heavy atom. The van der Waals surface area contributed by atoms with Gasteiger partial charge in [0.15, 0.2) is 5.13 Å². The van der Waals surface area contributed by atoms with E-state index in [9.17, 15) is 4.39 Å². The van der Waals surface area contributed by atoms with Crippen molar-refractivity contribution in [2.45, 2.75) is 6.92 Å². The van der Waals surface area contributed by atoms with Gasteiger partial charge in [-0.1, -0.05) is 17.4 Å². The van der Waals surface area contributed by atoms with E-state index in [-0.39, 0.29) is 10.8 Å². The topological polar surface area (TPSA) is 66.5 Å². The molecule has 3 heterocycles. The highest BCUT2D eigenvalue weighted by Gasteiger charge is 2.14. The highest BCUT2D eigenvalue weighted by atomic mass is 32.1. The van der Waals surface area contributed by atoms with Crippen molar-refractivity contribution in [3.63, 3.8) is 0 Å². The van der Waals surface area contributed by atoms with Crippen molar-refractivity contribution in [1.29, 1.82) is 0 Å². The lowest BCUT2D eigenvalue weighted by Gasteiger charge is -2.01. The summed E-state index contributed by atoms with van der Waals surface area (Å²) in [5.41, 5.74) is 1.80. The fourth-order valence-corrected chi connectivity index (χ4v) is 2.36. The smallest absolute Gasteiger partial charge is 0.206 e. The second-order valence-corrected chi connectivity index (χ2v) is 4.87. The van der Waals surface area contributed by atoms with Gasteiger partial charge in [-0.15, -0.1) is 0 Å². The second kappa shape index (κ2) is 4.77. The Morgan fingerprint density at radius 1 is 1.32 bits per heavy atom. The van der Waals surface area contributed by atoms with Crippen LogP contribution in [0.4, 0.5) is 15.3 Å². The average Bonchev–Trinajstić information content (AvgIpc) is 2.98. The largest absolute Gasteiger partial charge is 0.316 e. The minimum Gasteiger partial charge on any atom is -0.316 e. The van der Waals surface area contributed by atoms with Crippen molar-refractivity contribution in [3.05, 3.63) is 41.4 Å². The van der Waals surface area contributed by atoms with E-state index < -0.39 is 0 Å². The number of rotatable bonds is 3. The Morgan fingerprint density at radius 3 is 2.95 bits per heavy atom. The lowest BCUT2D eigenvalue weighted by atomic mass is 10.3. The van der Waals surface area contributed by atoms with Gasteiger partial charge < -0.3 is 5.32 Å². The number of halogens is 1. The lowest BCUT2D eigenvalue weighted by Crippen LogP contribution is -1.93. The first-order valence-corrected chi connectivity index (χ1v) is 6.40. The molecular formula is C12H10FN5S. The number of aromatic amines is 1. The first kappa shape index (κ1) is 11.8. The molecular weight excluding hydrogens is 265 g/mol. The maximum Gasteiger partial charge on any atom is 0.206 e. The van der Waals surface area contributed by atoms with Crippen LogP contribution in [0.2, 0.25) is 0 Å². The summed E-state index contributed by atoms with van der Waals surface area (Å²) in [6.45, 7) is 1.89. The summed E-state index contributed by atoms with van der Waals surface area (Å²) < 4.78 is 13.8. The molecule has 0 aliphatic heterocycles. The summed E-state index contributed by atoms with van der Waals surface area (Å²) >= 11 is 0.943. The Hall–Kier alpha value is -2.28. The molecule has 3 aromatic heterocycles. The number of pyridine rings is 1. The number of anilines is 2. The molecule has 0 saturated carbocycles. The van der Waals surface area contributed by atoms with E-state index in [4.69, 9.17) is 0 Å². The molecule has 0 spiro atoms. The third-order valence-corrected chi connectivity index (χ3v) is 3.24. The molecule has 0 aliphatic carbocycles. The molecule has 3 aromatic rings. The maximum atomic E-state index is 13.8. The molecule has 2 N–H and O–H groups in total. The van der Waals surface area contributed by atoms with Gasteiger partial charge in [0, 0.05) is 17.5 Å². The number of hydrogen-bond acceptors (Lipinski definition) is 5. The van der Waals surface area contributed by atoms with Gasteiger partial charge >= 0.3 is 0 Å². The second-order valence-electron chi connectivity index (χ2n) is 3.92. The molecule has 5 nitrogen and oxygen atoms in total. The van der Waals surface area contributed by atoms with Crippen LogP contribution in [0.1, 0.15) is 5.69 Å². The molecule has 0 radical (unpaired) electrons. The maximum absolute atomic E-state index is 13.8. The fourth-order valence-electron chi connectivity index (χ4n) is 1.64. The molecule has 0 bridgehead atoms. The van der Waals surface area contributed by atoms with Gasteiger partial charge in [-0.25, -0.2) is 9.97 Å². The van der Waals surface area contributed by atoms with Crippen molar-refractivity contribution < 1.29 is 4.39 Å². The molecule has 0 aromatic carbocycles. The fraction of sp³-hybridized carbons (Fsp3) is 0.0833. The Labute approximate surface area is 112 Å². The van der Waals surface area contributed by atoms with Gasteiger partial charge in [-0.2, -0.15) is 9.49 Å². The van der Waals surface area contributed by atoms with Crippen LogP contribution in [0.25, 0.3) is 11.3 Å². The van der Waals surface area contributed by atoms with Crippen molar-refractivity contribution in [2.75, 3.05) is 5.32 Å². The van der Waals surface area contributed by atoms with E-state index in [1.807, 2.05) is 25.1 Å². The Balaban J connectivity index is 1.89. The minimum atomic E-state index is -0.350. The molecule has 96 valence electrons. The zero-order valence-electron chi connectivity index (χ0n) is 10.0.